The first-order valence-electron chi connectivity index (χ1n) is 8.81. The first kappa shape index (κ1) is 22.5. The van der Waals surface area contributed by atoms with Gasteiger partial charge in [-0.2, -0.15) is 0 Å². The van der Waals surface area contributed by atoms with E-state index in [-0.39, 0.29) is 30.9 Å². The number of aliphatic hydroxyl groups excluding tert-OH is 2. The lowest BCUT2D eigenvalue weighted by molar-refractivity contribution is -0.139. The van der Waals surface area contributed by atoms with Gasteiger partial charge in [0.2, 0.25) is 0 Å². The first-order chi connectivity index (χ1) is 13.9. The Bertz CT molecular complexity index is 816. The number of carboxylic acids is 1. The summed E-state index contributed by atoms with van der Waals surface area (Å²) in [5, 5.41) is 32.1. The van der Waals surface area contributed by atoms with Gasteiger partial charge in [0.25, 0.3) is 0 Å². The van der Waals surface area contributed by atoms with Crippen molar-refractivity contribution in [3.8, 4) is 5.75 Å². The van der Waals surface area contributed by atoms with Gasteiger partial charge in [0, 0.05) is 17.1 Å². The van der Waals surface area contributed by atoms with Crippen LogP contribution in [-0.2, 0) is 16.1 Å². The number of aliphatic carboxylic acids is 1. The minimum Gasteiger partial charge on any atom is -0.481 e. The molecule has 2 rings (SSSR count). The van der Waals surface area contributed by atoms with Crippen LogP contribution in [-0.4, -0.2) is 46.6 Å². The number of aliphatic hydroxyl groups is 2. The Morgan fingerprint density at radius 2 is 1.83 bits per heavy atom. The Morgan fingerprint density at radius 3 is 2.52 bits per heavy atom. The highest BCUT2D eigenvalue weighted by molar-refractivity contribution is 6.30. The fraction of sp³-hybridized carbons (Fsp3) is 0.300. The van der Waals surface area contributed by atoms with Gasteiger partial charge in [0.1, 0.15) is 18.5 Å². The molecular weight excluding hydrogens is 402 g/mol. The van der Waals surface area contributed by atoms with Gasteiger partial charge in [0.15, 0.2) is 6.61 Å². The molecule has 0 aliphatic carbocycles. The molecule has 29 heavy (non-hydrogen) atoms. The fourth-order valence-corrected chi connectivity index (χ4v) is 2.64. The van der Waals surface area contributed by atoms with Crippen molar-refractivity contribution >= 4 is 23.7 Å². The molecule has 0 saturated heterocycles. The minimum absolute atomic E-state index is 0.0304. The van der Waals surface area contributed by atoms with Gasteiger partial charge in [-0.3, -0.25) is 0 Å². The molecule has 0 heterocycles. The van der Waals surface area contributed by atoms with Gasteiger partial charge in [-0.1, -0.05) is 48.0 Å². The third kappa shape index (κ3) is 7.61. The number of hydrogen-bond donors (Lipinski definition) is 4. The fourth-order valence-electron chi connectivity index (χ4n) is 2.48. The second kappa shape index (κ2) is 11.3. The van der Waals surface area contributed by atoms with Crippen molar-refractivity contribution in [2.24, 2.45) is 0 Å². The van der Waals surface area contributed by atoms with E-state index in [1.807, 2.05) is 30.3 Å². The number of benzene rings is 2. The summed E-state index contributed by atoms with van der Waals surface area (Å²) >= 11 is 5.88. The zero-order valence-corrected chi connectivity index (χ0v) is 16.2. The number of amides is 1. The number of carboxylic acid groups (broad SMARTS) is 1. The summed E-state index contributed by atoms with van der Waals surface area (Å²) in [5.41, 5.74) is 1.03. The predicted octanol–water partition coefficient (Wildman–Crippen LogP) is 2.51. The van der Waals surface area contributed by atoms with E-state index in [9.17, 15) is 19.8 Å². The first-order valence-corrected chi connectivity index (χ1v) is 9.19. The molecule has 0 bridgehead atoms. The van der Waals surface area contributed by atoms with Crippen LogP contribution in [0.2, 0.25) is 5.02 Å². The number of alkyl carbamates (subject to hydrolysis) is 1. The lowest BCUT2D eigenvalue weighted by atomic mass is 10.0. The van der Waals surface area contributed by atoms with Crippen molar-refractivity contribution in [3.63, 3.8) is 0 Å². The van der Waals surface area contributed by atoms with Crippen LogP contribution < -0.4 is 10.1 Å². The van der Waals surface area contributed by atoms with Gasteiger partial charge >= 0.3 is 12.1 Å². The largest absolute Gasteiger partial charge is 0.481 e. The van der Waals surface area contributed by atoms with E-state index in [2.05, 4.69) is 5.32 Å². The highest BCUT2D eigenvalue weighted by atomic mass is 35.5. The molecular formula is C20H22ClNO7. The van der Waals surface area contributed by atoms with E-state index in [1.54, 1.807) is 0 Å². The average molecular weight is 424 g/mol. The summed E-state index contributed by atoms with van der Waals surface area (Å²) in [7, 11) is 0. The molecule has 2 aromatic rings. The minimum atomic E-state index is -1.36. The van der Waals surface area contributed by atoms with Gasteiger partial charge in [-0.15, -0.1) is 0 Å². The molecule has 8 nitrogen and oxygen atoms in total. The highest BCUT2D eigenvalue weighted by Crippen LogP contribution is 2.31. The number of hydrogen-bond acceptors (Lipinski definition) is 6. The number of ether oxygens (including phenoxy) is 2. The van der Waals surface area contributed by atoms with Crippen LogP contribution in [0, 0.1) is 0 Å². The summed E-state index contributed by atoms with van der Waals surface area (Å²) < 4.78 is 10.2. The van der Waals surface area contributed by atoms with Crippen molar-refractivity contribution in [3.05, 3.63) is 64.7 Å². The second-order valence-corrected chi connectivity index (χ2v) is 6.59. The molecule has 0 spiro atoms. The molecule has 0 aromatic heterocycles. The third-order valence-corrected chi connectivity index (χ3v) is 4.17. The molecule has 0 fully saturated rings. The number of nitrogens with one attached hydrogen (secondary N) is 1. The lowest BCUT2D eigenvalue weighted by Gasteiger charge is -2.21. The van der Waals surface area contributed by atoms with E-state index < -0.39 is 30.9 Å². The van der Waals surface area contributed by atoms with E-state index in [0.717, 1.165) is 5.56 Å². The molecule has 0 radical (unpaired) electrons. The second-order valence-electron chi connectivity index (χ2n) is 6.15. The van der Waals surface area contributed by atoms with Gasteiger partial charge in [-0.05, 0) is 24.1 Å². The van der Waals surface area contributed by atoms with Crippen LogP contribution in [0.3, 0.4) is 0 Å². The van der Waals surface area contributed by atoms with Crippen molar-refractivity contribution in [2.45, 2.75) is 25.2 Å². The van der Waals surface area contributed by atoms with Crippen LogP contribution in [0.25, 0.3) is 0 Å². The summed E-state index contributed by atoms with van der Waals surface area (Å²) in [4.78, 5) is 22.4. The number of carbonyl (C=O) groups is 2. The van der Waals surface area contributed by atoms with Gasteiger partial charge in [0.05, 0.1) is 6.10 Å². The number of carbonyl (C=O) groups excluding carboxylic acids is 1. The summed E-state index contributed by atoms with van der Waals surface area (Å²) in [6, 6.07) is 13.4. The standard InChI is InChI=1S/C20H22ClNO7/c21-14-6-7-15(17(10-14)28-12-18(24)25)19(26)16(23)8-9-22-20(27)29-11-13-4-2-1-3-5-13/h1-7,10,16,19,23,26H,8-9,11-12H2,(H,22,27)(H,24,25). The summed E-state index contributed by atoms with van der Waals surface area (Å²) in [6.07, 6.45) is -3.22. The zero-order chi connectivity index (χ0) is 21.2. The van der Waals surface area contributed by atoms with Crippen LogP contribution in [0.4, 0.5) is 4.79 Å². The maximum absolute atomic E-state index is 11.7. The van der Waals surface area contributed by atoms with E-state index in [4.69, 9.17) is 26.2 Å². The SMILES string of the molecule is O=C(O)COc1cc(Cl)ccc1C(O)C(O)CCNC(=O)OCc1ccccc1. The maximum Gasteiger partial charge on any atom is 0.407 e. The summed E-state index contributed by atoms with van der Waals surface area (Å²) in [5.74, 6) is -1.13. The van der Waals surface area contributed by atoms with Gasteiger partial charge in [-0.25, -0.2) is 9.59 Å². The Labute approximate surface area is 172 Å². The van der Waals surface area contributed by atoms with Crippen LogP contribution >= 0.6 is 11.6 Å². The smallest absolute Gasteiger partial charge is 0.407 e. The van der Waals surface area contributed by atoms with Crippen LogP contribution in [0.15, 0.2) is 48.5 Å². The van der Waals surface area contributed by atoms with Crippen molar-refractivity contribution < 1.29 is 34.4 Å². The quantitative estimate of drug-likeness (QED) is 0.462. The normalized spacial score (nSPS) is 12.7. The highest BCUT2D eigenvalue weighted by Gasteiger charge is 2.22. The summed E-state index contributed by atoms with van der Waals surface area (Å²) in [6.45, 7) is -0.442. The van der Waals surface area contributed by atoms with Crippen molar-refractivity contribution in [1.29, 1.82) is 0 Å². The van der Waals surface area contributed by atoms with Crippen LogP contribution in [0.1, 0.15) is 23.7 Å². The number of rotatable bonds is 10. The third-order valence-electron chi connectivity index (χ3n) is 3.93. The zero-order valence-electron chi connectivity index (χ0n) is 15.5. The maximum atomic E-state index is 11.7. The monoisotopic (exact) mass is 423 g/mol. The van der Waals surface area contributed by atoms with Crippen LogP contribution in [0.5, 0.6) is 5.75 Å². The van der Waals surface area contributed by atoms with E-state index >= 15 is 0 Å². The number of halogens is 1. The Hall–Kier alpha value is -2.81. The van der Waals surface area contributed by atoms with Crippen molar-refractivity contribution in [1.82, 2.24) is 5.32 Å². The molecule has 2 atom stereocenters. The molecule has 2 unspecified atom stereocenters. The predicted molar refractivity (Wildman–Crippen MR) is 105 cm³/mol. The molecule has 1 amide bonds. The Kier molecular flexibility index (Phi) is 8.72. The lowest BCUT2D eigenvalue weighted by Crippen LogP contribution is -2.30. The molecule has 0 saturated carbocycles. The Balaban J connectivity index is 1.83. The van der Waals surface area contributed by atoms with E-state index in [0.29, 0.717) is 5.02 Å². The Morgan fingerprint density at radius 1 is 1.10 bits per heavy atom. The average Bonchev–Trinajstić information content (AvgIpc) is 2.71. The molecule has 156 valence electrons. The molecule has 9 heteroatoms. The van der Waals surface area contributed by atoms with Gasteiger partial charge < -0.3 is 30.1 Å². The van der Waals surface area contributed by atoms with E-state index in [1.165, 1.54) is 18.2 Å². The molecule has 0 aliphatic rings. The molecule has 2 aromatic carbocycles. The van der Waals surface area contributed by atoms with Crippen molar-refractivity contribution in [2.75, 3.05) is 13.2 Å². The molecule has 4 N–H and O–H groups in total. The topological polar surface area (TPSA) is 125 Å². The molecule has 0 aliphatic heterocycles.